The summed E-state index contributed by atoms with van der Waals surface area (Å²) in [4.78, 5) is 14.6. The Labute approximate surface area is 145 Å². The van der Waals surface area contributed by atoms with E-state index in [0.717, 1.165) is 32.2 Å². The Kier molecular flexibility index (Phi) is 5.75. The van der Waals surface area contributed by atoms with Gasteiger partial charge in [0.25, 0.3) is 5.91 Å². The smallest absolute Gasteiger partial charge is 0.254 e. The second kappa shape index (κ2) is 8.20. The van der Waals surface area contributed by atoms with Gasteiger partial charge in [-0.25, -0.2) is 8.78 Å². The topological polar surface area (TPSA) is 50.2 Å². The number of nitrogens with zero attached hydrogens (tertiary/aromatic N) is 3. The molecule has 2 aromatic rings. The minimum Gasteiger partial charge on any atom is -0.348 e. The highest BCUT2D eigenvalue weighted by Crippen LogP contribution is 2.09. The first-order chi connectivity index (χ1) is 12.1. The van der Waals surface area contributed by atoms with Crippen LogP contribution in [0.25, 0.3) is 0 Å². The van der Waals surface area contributed by atoms with Crippen LogP contribution in [0.1, 0.15) is 35.2 Å². The van der Waals surface area contributed by atoms with Crippen LogP contribution in [-0.4, -0.2) is 40.2 Å². The Hall–Kier alpha value is -2.28. The highest BCUT2D eigenvalue weighted by Gasteiger charge is 2.12. The molecular weight excluding hydrogens is 326 g/mol. The molecule has 0 saturated carbocycles. The molecule has 7 heteroatoms. The molecular formula is C18H22F2N4O. The lowest BCUT2D eigenvalue weighted by Gasteiger charge is -2.26. The zero-order valence-electron chi connectivity index (χ0n) is 14.0. The Morgan fingerprint density at radius 1 is 1.08 bits per heavy atom. The first-order valence-electron chi connectivity index (χ1n) is 8.58. The van der Waals surface area contributed by atoms with Crippen LogP contribution in [0.5, 0.6) is 0 Å². The quantitative estimate of drug-likeness (QED) is 0.873. The number of likely N-dealkylation sites (tertiary alicyclic amines) is 1. The molecule has 3 rings (SSSR count). The predicted molar refractivity (Wildman–Crippen MR) is 90.0 cm³/mol. The molecule has 1 aromatic heterocycles. The van der Waals surface area contributed by atoms with E-state index in [1.807, 2.05) is 0 Å². The maximum Gasteiger partial charge on any atom is 0.254 e. The molecule has 2 heterocycles. The van der Waals surface area contributed by atoms with Crippen molar-refractivity contribution in [2.75, 3.05) is 19.6 Å². The SMILES string of the molecule is O=C(NCc1cc(F)cc(F)c1)c1cnn(CCN2CCCCC2)c1. The molecule has 1 aromatic carbocycles. The van der Waals surface area contributed by atoms with Crippen molar-refractivity contribution in [1.82, 2.24) is 20.0 Å². The zero-order valence-corrected chi connectivity index (χ0v) is 14.0. The second-order valence-electron chi connectivity index (χ2n) is 6.35. The number of benzene rings is 1. The van der Waals surface area contributed by atoms with E-state index in [2.05, 4.69) is 15.3 Å². The number of amides is 1. The third-order valence-corrected chi connectivity index (χ3v) is 4.36. The average molecular weight is 348 g/mol. The van der Waals surface area contributed by atoms with E-state index in [-0.39, 0.29) is 12.5 Å². The normalized spacial score (nSPS) is 15.3. The van der Waals surface area contributed by atoms with Crippen LogP contribution in [0.4, 0.5) is 8.78 Å². The van der Waals surface area contributed by atoms with Gasteiger partial charge >= 0.3 is 0 Å². The first kappa shape index (κ1) is 17.5. The number of nitrogens with one attached hydrogen (secondary N) is 1. The molecule has 1 aliphatic heterocycles. The molecule has 134 valence electrons. The van der Waals surface area contributed by atoms with Gasteiger partial charge in [-0.05, 0) is 43.6 Å². The zero-order chi connectivity index (χ0) is 17.6. The van der Waals surface area contributed by atoms with Gasteiger partial charge in [-0.3, -0.25) is 9.48 Å². The molecule has 5 nitrogen and oxygen atoms in total. The molecule has 0 bridgehead atoms. The van der Waals surface area contributed by atoms with Crippen LogP contribution in [0.3, 0.4) is 0 Å². The summed E-state index contributed by atoms with van der Waals surface area (Å²) in [6, 6.07) is 3.20. The second-order valence-corrected chi connectivity index (χ2v) is 6.35. The summed E-state index contributed by atoms with van der Waals surface area (Å²) in [7, 11) is 0. The summed E-state index contributed by atoms with van der Waals surface area (Å²) >= 11 is 0. The number of aromatic nitrogens is 2. The summed E-state index contributed by atoms with van der Waals surface area (Å²) in [5.41, 5.74) is 0.818. The van der Waals surface area contributed by atoms with Crippen molar-refractivity contribution >= 4 is 5.91 Å². The van der Waals surface area contributed by atoms with Gasteiger partial charge in [0.15, 0.2) is 0 Å². The number of halogens is 2. The van der Waals surface area contributed by atoms with E-state index >= 15 is 0 Å². The van der Waals surface area contributed by atoms with Gasteiger partial charge in [0.1, 0.15) is 11.6 Å². The number of rotatable bonds is 6. The fourth-order valence-corrected chi connectivity index (χ4v) is 3.03. The van der Waals surface area contributed by atoms with Gasteiger partial charge in [-0.2, -0.15) is 5.10 Å². The first-order valence-corrected chi connectivity index (χ1v) is 8.58. The molecule has 1 aliphatic rings. The Bertz CT molecular complexity index is 705. The number of carbonyl (C=O) groups is 1. The molecule has 25 heavy (non-hydrogen) atoms. The lowest BCUT2D eigenvalue weighted by Crippen LogP contribution is -2.32. The van der Waals surface area contributed by atoms with Gasteiger partial charge in [-0.1, -0.05) is 6.42 Å². The highest BCUT2D eigenvalue weighted by molar-refractivity contribution is 5.93. The summed E-state index contributed by atoms with van der Waals surface area (Å²) < 4.78 is 28.0. The third-order valence-electron chi connectivity index (χ3n) is 4.36. The van der Waals surface area contributed by atoms with Crippen molar-refractivity contribution in [3.05, 3.63) is 53.4 Å². The summed E-state index contributed by atoms with van der Waals surface area (Å²) in [5, 5.41) is 6.87. The van der Waals surface area contributed by atoms with Gasteiger partial charge in [-0.15, -0.1) is 0 Å². The number of hydrogen-bond acceptors (Lipinski definition) is 3. The minimum atomic E-state index is -0.658. The summed E-state index contributed by atoms with van der Waals surface area (Å²) in [5.74, 6) is -1.63. The maximum absolute atomic E-state index is 13.1. The van der Waals surface area contributed by atoms with Crippen molar-refractivity contribution in [2.45, 2.75) is 32.4 Å². The van der Waals surface area contributed by atoms with Crippen molar-refractivity contribution in [3.63, 3.8) is 0 Å². The molecule has 1 N–H and O–H groups in total. The molecule has 1 amide bonds. The van der Waals surface area contributed by atoms with Crippen molar-refractivity contribution in [2.24, 2.45) is 0 Å². The molecule has 0 radical (unpaired) electrons. The Morgan fingerprint density at radius 3 is 2.52 bits per heavy atom. The summed E-state index contributed by atoms with van der Waals surface area (Å²) in [6.45, 7) is 3.97. The van der Waals surface area contributed by atoms with Crippen LogP contribution in [-0.2, 0) is 13.1 Å². The lowest BCUT2D eigenvalue weighted by atomic mass is 10.1. The van der Waals surface area contributed by atoms with Crippen molar-refractivity contribution < 1.29 is 13.6 Å². The van der Waals surface area contributed by atoms with Gasteiger partial charge in [0.2, 0.25) is 0 Å². The molecule has 1 fully saturated rings. The van der Waals surface area contributed by atoms with Crippen LogP contribution in [0.15, 0.2) is 30.6 Å². The van der Waals surface area contributed by atoms with E-state index < -0.39 is 11.6 Å². The molecule has 0 unspecified atom stereocenters. The Morgan fingerprint density at radius 2 is 1.80 bits per heavy atom. The number of piperidine rings is 1. The fraction of sp³-hybridized carbons (Fsp3) is 0.444. The molecule has 1 saturated heterocycles. The van der Waals surface area contributed by atoms with E-state index in [9.17, 15) is 13.6 Å². The third kappa shape index (κ3) is 5.09. The fourth-order valence-electron chi connectivity index (χ4n) is 3.03. The van der Waals surface area contributed by atoms with Crippen LogP contribution >= 0.6 is 0 Å². The predicted octanol–water partition coefficient (Wildman–Crippen LogP) is 2.58. The van der Waals surface area contributed by atoms with Crippen LogP contribution in [0.2, 0.25) is 0 Å². The monoisotopic (exact) mass is 348 g/mol. The van der Waals surface area contributed by atoms with Crippen molar-refractivity contribution in [3.8, 4) is 0 Å². The maximum atomic E-state index is 13.1. The van der Waals surface area contributed by atoms with E-state index in [1.165, 1.54) is 37.6 Å². The standard InChI is InChI=1S/C18H22F2N4O/c19-16-8-14(9-17(20)10-16)11-21-18(25)15-12-22-24(13-15)7-6-23-4-2-1-3-5-23/h8-10,12-13H,1-7,11H2,(H,21,25). The van der Waals surface area contributed by atoms with E-state index in [1.54, 1.807) is 10.9 Å². The lowest BCUT2D eigenvalue weighted by molar-refractivity contribution is 0.0950. The molecule has 0 spiro atoms. The van der Waals surface area contributed by atoms with Crippen molar-refractivity contribution in [1.29, 1.82) is 0 Å². The van der Waals surface area contributed by atoms with Gasteiger partial charge in [0, 0.05) is 25.4 Å². The minimum absolute atomic E-state index is 0.0620. The largest absolute Gasteiger partial charge is 0.348 e. The van der Waals surface area contributed by atoms with Gasteiger partial charge in [0.05, 0.1) is 18.3 Å². The Balaban J connectivity index is 1.49. The average Bonchev–Trinajstić information content (AvgIpc) is 3.07. The molecule has 0 atom stereocenters. The van der Waals surface area contributed by atoms with E-state index in [0.29, 0.717) is 11.1 Å². The molecule has 0 aliphatic carbocycles. The van der Waals surface area contributed by atoms with E-state index in [4.69, 9.17) is 0 Å². The van der Waals surface area contributed by atoms with Crippen LogP contribution < -0.4 is 5.32 Å². The number of carbonyl (C=O) groups excluding carboxylic acids is 1. The number of hydrogen-bond donors (Lipinski definition) is 1. The summed E-state index contributed by atoms with van der Waals surface area (Å²) in [6.07, 6.45) is 7.00. The highest BCUT2D eigenvalue weighted by atomic mass is 19.1. The van der Waals surface area contributed by atoms with Crippen LogP contribution in [0, 0.1) is 11.6 Å². The van der Waals surface area contributed by atoms with Gasteiger partial charge < -0.3 is 10.2 Å².